The second kappa shape index (κ2) is 17.4. The van der Waals surface area contributed by atoms with Crippen molar-refractivity contribution in [3.63, 3.8) is 0 Å². The summed E-state index contributed by atoms with van der Waals surface area (Å²) in [5, 5.41) is 1.32. The van der Waals surface area contributed by atoms with Crippen molar-refractivity contribution in [2.45, 2.75) is 37.4 Å². The predicted molar refractivity (Wildman–Crippen MR) is 298 cm³/mol. The molecule has 1 spiro atoms. The molecule has 0 fully saturated rings. The molecule has 4 aliphatic rings. The smallest absolute Gasteiger partial charge is 0 e. The summed E-state index contributed by atoms with van der Waals surface area (Å²) in [4.78, 5) is 12.1. The van der Waals surface area contributed by atoms with Crippen molar-refractivity contribution < 1.29 is 25.8 Å². The van der Waals surface area contributed by atoms with Crippen LogP contribution in [-0.4, -0.2) is 29.9 Å². The van der Waals surface area contributed by atoms with Crippen LogP contribution < -0.4 is 32.6 Å². The number of hydrogen-bond donors (Lipinski definition) is 0. The fraction of sp³-hybridized carbons (Fsp3) is 0.108. The molecule has 10 aromatic rings. The summed E-state index contributed by atoms with van der Waals surface area (Å²) in [6.45, 7) is 9.01. The molecule has 3 aliphatic heterocycles. The molecule has 1 aliphatic carbocycles. The van der Waals surface area contributed by atoms with Crippen LogP contribution in [0.25, 0.3) is 45.1 Å². The van der Waals surface area contributed by atoms with E-state index in [1.54, 1.807) is 0 Å². The Morgan fingerprint density at radius 1 is 0.616 bits per heavy atom. The maximum absolute atomic E-state index is 7.20. The molecular weight excluding hydrogens is 1130 g/mol. The first-order valence-electron chi connectivity index (χ1n) is 25.0. The topological polar surface area (TPSA) is 36.8 Å². The molecule has 8 heteroatoms. The molecule has 73 heavy (non-hydrogen) atoms. The summed E-state index contributed by atoms with van der Waals surface area (Å²) < 4.78 is 14.3. The van der Waals surface area contributed by atoms with E-state index >= 15 is 0 Å². The zero-order valence-corrected chi connectivity index (χ0v) is 45.3. The third-order valence-electron chi connectivity index (χ3n) is 15.5. The van der Waals surface area contributed by atoms with Gasteiger partial charge in [-0.1, -0.05) is 78.9 Å². The Labute approximate surface area is 444 Å². The molecule has 0 N–H and O–H groups in total. The monoisotopic (exact) mass is 1190 g/mol. The van der Waals surface area contributed by atoms with Crippen molar-refractivity contribution in [3.8, 4) is 39.6 Å². The van der Waals surface area contributed by atoms with Crippen LogP contribution in [0.3, 0.4) is 0 Å². The van der Waals surface area contributed by atoms with Crippen molar-refractivity contribution in [2.24, 2.45) is 0 Å². The molecule has 0 saturated carbocycles. The summed E-state index contributed by atoms with van der Waals surface area (Å²) >= 11 is -3.61. The van der Waals surface area contributed by atoms with E-state index in [-0.39, 0.29) is 26.5 Å². The molecule has 5 heterocycles. The number of pyridine rings is 1. The summed E-state index contributed by atoms with van der Waals surface area (Å²) in [5.74, 6) is 2.19. The molecule has 0 saturated heterocycles. The molecule has 0 amide bonds. The van der Waals surface area contributed by atoms with E-state index in [0.29, 0.717) is 16.2 Å². The summed E-state index contributed by atoms with van der Waals surface area (Å²) in [6, 6.07) is 75.7. The number of allylic oxidation sites excluding steroid dienone is 1. The van der Waals surface area contributed by atoms with Crippen LogP contribution in [0.4, 0.5) is 34.1 Å². The quantitative estimate of drug-likeness (QED) is 0.117. The first kappa shape index (κ1) is 45.5. The number of ether oxygens (including phenoxy) is 1. The number of aromatic nitrogens is 2. The molecule has 1 atom stereocenters. The Balaban J connectivity index is 0.00000516. The minimum absolute atomic E-state index is 0. The second-order valence-corrected chi connectivity index (χ2v) is 28.7. The first-order chi connectivity index (χ1) is 35.3. The SMILES string of the molecule is CN1c2cccc[c]2[Ge]2([c]3ccccc31)[c]1cc(Oc3[c-]c(N4[CH-]N(c5c(-c6ccccc6)cccc5-c5ccccc5)c5ccccc54)ccc3)[c-]c3c1c1c(n3-c3cc(C(C)(C)C)ccn3)C=CC[CH]12.[Pt]. The van der Waals surface area contributed by atoms with Crippen LogP contribution in [0.15, 0.2) is 200 Å². The van der Waals surface area contributed by atoms with Gasteiger partial charge in [-0.15, -0.1) is 0 Å². The third kappa shape index (κ3) is 6.90. The fourth-order valence-electron chi connectivity index (χ4n) is 12.4. The van der Waals surface area contributed by atoms with Crippen molar-refractivity contribution in [1.29, 1.82) is 0 Å². The average molecular weight is 1180 g/mol. The first-order valence-corrected chi connectivity index (χ1v) is 29.3. The number of rotatable bonds is 7. The minimum Gasteiger partial charge on any atom is 0 e. The predicted octanol–water partition coefficient (Wildman–Crippen LogP) is 14.1. The van der Waals surface area contributed by atoms with E-state index in [1.165, 1.54) is 46.8 Å². The third-order valence-corrected chi connectivity index (χ3v) is 26.8. The van der Waals surface area contributed by atoms with Gasteiger partial charge in [0.15, 0.2) is 0 Å². The molecule has 14 rings (SSSR count). The number of hydrogen-bond acceptors (Lipinski definition) is 5. The van der Waals surface area contributed by atoms with Crippen LogP contribution in [0.5, 0.6) is 11.5 Å². The van der Waals surface area contributed by atoms with Gasteiger partial charge in [-0.25, -0.2) is 0 Å². The standard InChI is InChI=1S/C65H50GeN5O.Pt/c1-65(2,3)45-36-37-67-61(38-45)71-59-35-19-30-53-62(59)63-54(66(53)51-28-11-13-31-55(51)68(4)56-32-14-12-29-52(56)66)40-48(41-60(63)71)72-47-25-17-24-46(39-47)69-42-70(58-34-16-15-33-57(58)69)64-49(43-20-7-5-8-21-43)26-18-27-50(64)44-22-9-6-10-23-44;/h5-29,31-38,40,42,53H,30H2,1-4H3;/q-3;. The summed E-state index contributed by atoms with van der Waals surface area (Å²) in [7, 11) is 2.23. The normalized spacial score (nSPS) is 15.6. The van der Waals surface area contributed by atoms with E-state index in [0.717, 1.165) is 62.8 Å². The molecule has 8 aromatic carbocycles. The van der Waals surface area contributed by atoms with Crippen molar-refractivity contribution >= 4 is 77.6 Å². The number of anilines is 6. The largest absolute Gasteiger partial charge is 0 e. The summed E-state index contributed by atoms with van der Waals surface area (Å²) in [5.41, 5.74) is 16.2. The molecule has 1 unspecified atom stereocenters. The van der Waals surface area contributed by atoms with Crippen LogP contribution in [0, 0.1) is 18.8 Å². The van der Waals surface area contributed by atoms with Gasteiger partial charge in [0.2, 0.25) is 0 Å². The Morgan fingerprint density at radius 2 is 1.22 bits per heavy atom. The molecule has 0 radical (unpaired) electrons. The number of nitrogens with zero attached hydrogens (tertiary/aromatic N) is 5. The molecule has 0 bridgehead atoms. The van der Waals surface area contributed by atoms with Gasteiger partial charge >= 0.3 is 336 Å². The van der Waals surface area contributed by atoms with E-state index in [9.17, 15) is 0 Å². The van der Waals surface area contributed by atoms with Gasteiger partial charge in [-0.05, 0) is 11.1 Å². The van der Waals surface area contributed by atoms with Crippen molar-refractivity contribution in [3.05, 3.63) is 236 Å². The van der Waals surface area contributed by atoms with E-state index < -0.39 is 13.3 Å². The van der Waals surface area contributed by atoms with Gasteiger partial charge in [0.1, 0.15) is 0 Å². The van der Waals surface area contributed by atoms with Gasteiger partial charge in [0.25, 0.3) is 0 Å². The van der Waals surface area contributed by atoms with E-state index in [2.05, 4.69) is 260 Å². The van der Waals surface area contributed by atoms with E-state index in [1.807, 2.05) is 12.3 Å². The van der Waals surface area contributed by atoms with Crippen LogP contribution in [0.1, 0.15) is 48.8 Å². The maximum atomic E-state index is 7.20. The Hall–Kier alpha value is -7.38. The van der Waals surface area contributed by atoms with Gasteiger partial charge in [-0.3, -0.25) is 0 Å². The Morgan fingerprint density at radius 3 is 1.88 bits per heavy atom. The van der Waals surface area contributed by atoms with Gasteiger partial charge in [0.05, 0.1) is 0 Å². The molecule has 2 aromatic heterocycles. The van der Waals surface area contributed by atoms with Gasteiger partial charge in [0, 0.05) is 21.1 Å². The zero-order chi connectivity index (χ0) is 48.3. The molecule has 358 valence electrons. The number of fused-ring (bicyclic) bond motifs is 7. The number of benzene rings is 8. The van der Waals surface area contributed by atoms with Gasteiger partial charge < -0.3 is 0 Å². The van der Waals surface area contributed by atoms with Crippen LogP contribution in [-0.2, 0) is 26.5 Å². The van der Waals surface area contributed by atoms with Crippen molar-refractivity contribution in [2.75, 3.05) is 21.7 Å². The second-order valence-electron chi connectivity index (χ2n) is 20.4. The van der Waals surface area contributed by atoms with Gasteiger partial charge in [-0.2, -0.15) is 0 Å². The van der Waals surface area contributed by atoms with Crippen LogP contribution in [0.2, 0.25) is 0 Å². The molecule has 6 nitrogen and oxygen atoms in total. The molecular formula is C65H50GeN5OPt-3. The minimum atomic E-state index is -3.61. The zero-order valence-electron chi connectivity index (χ0n) is 41.0. The summed E-state index contributed by atoms with van der Waals surface area (Å²) in [6.07, 6.45) is 7.70. The Bertz CT molecular complexity index is 3740. The van der Waals surface area contributed by atoms with E-state index in [4.69, 9.17) is 9.72 Å². The average Bonchev–Trinajstić information content (AvgIpc) is 4.07. The Kier molecular flexibility index (Phi) is 10.8. The fourth-order valence-corrected chi connectivity index (χ4v) is 25.5. The van der Waals surface area contributed by atoms with Crippen LogP contribution >= 0.6 is 0 Å². The van der Waals surface area contributed by atoms with Crippen molar-refractivity contribution in [1.82, 2.24) is 9.55 Å². The maximum Gasteiger partial charge on any atom is 0 e. The number of para-hydroxylation sites is 5.